The molecule has 0 aromatic carbocycles. The first kappa shape index (κ1) is 15.4. The third-order valence-corrected chi connectivity index (χ3v) is 5.16. The first-order chi connectivity index (χ1) is 9.61. The molecule has 1 fully saturated rings. The fourth-order valence-electron chi connectivity index (χ4n) is 2.27. The van der Waals surface area contributed by atoms with Crippen LogP contribution in [0.4, 0.5) is 0 Å². The molecule has 1 aromatic rings. The van der Waals surface area contributed by atoms with E-state index in [1.54, 1.807) is 0 Å². The number of rotatable bonds is 2. The first-order valence-corrected chi connectivity index (χ1v) is 8.56. The second-order valence-electron chi connectivity index (χ2n) is 4.91. The molecule has 20 heavy (non-hydrogen) atoms. The number of thioether (sulfide) groups is 1. The molecule has 1 aliphatic heterocycles. The average Bonchev–Trinajstić information content (AvgIpc) is 2.85. The van der Waals surface area contributed by atoms with Crippen LogP contribution in [0, 0.1) is 11.8 Å². The molecule has 1 aliphatic rings. The highest BCUT2D eigenvalue weighted by Crippen LogP contribution is 2.27. The predicted molar refractivity (Wildman–Crippen MR) is 85.3 cm³/mol. The third-order valence-electron chi connectivity index (χ3n) is 3.03. The summed E-state index contributed by atoms with van der Waals surface area (Å²) in [5.74, 6) is 5.96. The van der Waals surface area contributed by atoms with Crippen LogP contribution >= 0.6 is 23.1 Å². The second-order valence-corrected chi connectivity index (χ2v) is 7.70. The fourth-order valence-corrected chi connectivity index (χ4v) is 4.42. The summed E-state index contributed by atoms with van der Waals surface area (Å²) in [5.41, 5.74) is 0.784. The Morgan fingerprint density at radius 3 is 2.80 bits per heavy atom. The summed E-state index contributed by atoms with van der Waals surface area (Å²) in [6, 6.07) is 1.88. The lowest BCUT2D eigenvalue weighted by molar-refractivity contribution is 0.0758. The van der Waals surface area contributed by atoms with E-state index >= 15 is 0 Å². The standard InChI is InChI=1S/C15H19NO2S2/c1-11-9-16(10-12(2)20-11)15(18)14-13(6-8-19-14)5-3-4-7-17/h6,8,11-12,17H,4,7,9-10H2,1-2H3. The Morgan fingerprint density at radius 2 is 2.15 bits per heavy atom. The number of hydrogen-bond acceptors (Lipinski definition) is 4. The van der Waals surface area contributed by atoms with Gasteiger partial charge in [-0.1, -0.05) is 25.7 Å². The summed E-state index contributed by atoms with van der Waals surface area (Å²) in [7, 11) is 0. The largest absolute Gasteiger partial charge is 0.395 e. The minimum absolute atomic E-state index is 0.0544. The maximum Gasteiger partial charge on any atom is 0.265 e. The molecule has 5 heteroatoms. The molecule has 3 nitrogen and oxygen atoms in total. The Bertz CT molecular complexity index is 519. The topological polar surface area (TPSA) is 40.5 Å². The van der Waals surface area contributed by atoms with Crippen molar-refractivity contribution >= 4 is 29.0 Å². The molecule has 0 spiro atoms. The minimum atomic E-state index is 0.0544. The molecule has 2 unspecified atom stereocenters. The zero-order valence-electron chi connectivity index (χ0n) is 11.8. The van der Waals surface area contributed by atoms with E-state index in [2.05, 4.69) is 25.7 Å². The molecular formula is C15H19NO2S2. The Labute approximate surface area is 128 Å². The van der Waals surface area contributed by atoms with Crippen LogP contribution < -0.4 is 0 Å². The van der Waals surface area contributed by atoms with Crippen LogP contribution in [0.1, 0.15) is 35.5 Å². The fraction of sp³-hybridized carbons (Fsp3) is 0.533. The van der Waals surface area contributed by atoms with Gasteiger partial charge >= 0.3 is 0 Å². The summed E-state index contributed by atoms with van der Waals surface area (Å²) < 4.78 is 0. The molecule has 1 aromatic heterocycles. The van der Waals surface area contributed by atoms with Crippen LogP contribution in [0.5, 0.6) is 0 Å². The van der Waals surface area contributed by atoms with E-state index in [1.165, 1.54) is 11.3 Å². The normalized spacial score (nSPS) is 22.2. The van der Waals surface area contributed by atoms with Crippen LogP contribution in [-0.2, 0) is 0 Å². The first-order valence-electron chi connectivity index (χ1n) is 6.73. The van der Waals surface area contributed by atoms with E-state index in [4.69, 9.17) is 5.11 Å². The second kappa shape index (κ2) is 7.16. The molecule has 108 valence electrons. The number of amides is 1. The molecule has 1 saturated heterocycles. The van der Waals surface area contributed by atoms with Crippen LogP contribution in [-0.4, -0.2) is 46.1 Å². The van der Waals surface area contributed by atoms with Gasteiger partial charge in [0, 0.05) is 35.6 Å². The number of thiophene rings is 1. The smallest absolute Gasteiger partial charge is 0.265 e. The van der Waals surface area contributed by atoms with E-state index in [0.29, 0.717) is 16.9 Å². The lowest BCUT2D eigenvalue weighted by Crippen LogP contribution is -2.43. The van der Waals surface area contributed by atoms with E-state index in [-0.39, 0.29) is 12.5 Å². The summed E-state index contributed by atoms with van der Waals surface area (Å²) in [5, 5.41) is 11.6. The maximum absolute atomic E-state index is 12.6. The van der Waals surface area contributed by atoms with Gasteiger partial charge in [-0.25, -0.2) is 0 Å². The number of aliphatic hydroxyl groups excluding tert-OH is 1. The number of aliphatic hydroxyl groups is 1. The Hall–Kier alpha value is -0.960. The summed E-state index contributed by atoms with van der Waals surface area (Å²) >= 11 is 3.38. The van der Waals surface area contributed by atoms with Gasteiger partial charge in [0.1, 0.15) is 4.88 Å². The highest BCUT2D eigenvalue weighted by Gasteiger charge is 2.28. The van der Waals surface area contributed by atoms with Crippen molar-refractivity contribution < 1.29 is 9.90 Å². The molecule has 1 N–H and O–H groups in total. The Balaban J connectivity index is 2.13. The van der Waals surface area contributed by atoms with Crippen LogP contribution in [0.15, 0.2) is 11.4 Å². The zero-order valence-corrected chi connectivity index (χ0v) is 13.4. The quantitative estimate of drug-likeness (QED) is 0.853. The van der Waals surface area contributed by atoms with Crippen molar-refractivity contribution in [2.24, 2.45) is 0 Å². The molecule has 0 bridgehead atoms. The SMILES string of the molecule is CC1CN(C(=O)c2sccc2C#CCCO)CC(C)S1. The van der Waals surface area contributed by atoms with E-state index < -0.39 is 0 Å². The summed E-state index contributed by atoms with van der Waals surface area (Å²) in [6.07, 6.45) is 0.442. The minimum Gasteiger partial charge on any atom is -0.395 e. The Kier molecular flexibility index (Phi) is 5.53. The molecule has 2 atom stereocenters. The van der Waals surface area contributed by atoms with Gasteiger partial charge in [-0.15, -0.1) is 11.3 Å². The van der Waals surface area contributed by atoms with Gasteiger partial charge in [-0.3, -0.25) is 4.79 Å². The van der Waals surface area contributed by atoms with Crippen molar-refractivity contribution in [3.05, 3.63) is 21.9 Å². The lowest BCUT2D eigenvalue weighted by Gasteiger charge is -2.34. The molecular weight excluding hydrogens is 290 g/mol. The van der Waals surface area contributed by atoms with Gasteiger partial charge in [0.25, 0.3) is 5.91 Å². The van der Waals surface area contributed by atoms with Gasteiger partial charge in [0.2, 0.25) is 0 Å². The number of carbonyl (C=O) groups excluding carboxylic acids is 1. The highest BCUT2D eigenvalue weighted by atomic mass is 32.2. The monoisotopic (exact) mass is 309 g/mol. The van der Waals surface area contributed by atoms with Gasteiger partial charge < -0.3 is 10.0 Å². The third kappa shape index (κ3) is 3.78. The van der Waals surface area contributed by atoms with Crippen molar-refractivity contribution in [1.29, 1.82) is 0 Å². The highest BCUT2D eigenvalue weighted by molar-refractivity contribution is 8.00. The molecule has 0 aliphatic carbocycles. The van der Waals surface area contributed by atoms with Crippen molar-refractivity contribution in [2.75, 3.05) is 19.7 Å². The van der Waals surface area contributed by atoms with Crippen molar-refractivity contribution in [2.45, 2.75) is 30.8 Å². The number of hydrogen-bond donors (Lipinski definition) is 1. The molecule has 2 rings (SSSR count). The van der Waals surface area contributed by atoms with E-state index in [9.17, 15) is 4.79 Å². The van der Waals surface area contributed by atoms with Crippen LogP contribution in [0.3, 0.4) is 0 Å². The average molecular weight is 309 g/mol. The molecule has 2 heterocycles. The summed E-state index contributed by atoms with van der Waals surface area (Å²) in [4.78, 5) is 15.3. The van der Waals surface area contributed by atoms with Gasteiger partial charge in [-0.2, -0.15) is 11.8 Å². The molecule has 1 amide bonds. The van der Waals surface area contributed by atoms with Crippen LogP contribution in [0.25, 0.3) is 0 Å². The molecule has 0 radical (unpaired) electrons. The van der Waals surface area contributed by atoms with Crippen LogP contribution in [0.2, 0.25) is 0 Å². The number of carbonyl (C=O) groups is 1. The predicted octanol–water partition coefficient (Wildman–Crippen LogP) is 2.45. The summed E-state index contributed by atoms with van der Waals surface area (Å²) in [6.45, 7) is 5.98. The van der Waals surface area contributed by atoms with Crippen molar-refractivity contribution in [3.63, 3.8) is 0 Å². The zero-order chi connectivity index (χ0) is 14.5. The van der Waals surface area contributed by atoms with Gasteiger partial charge in [0.05, 0.1) is 6.61 Å². The van der Waals surface area contributed by atoms with Gasteiger partial charge in [0.15, 0.2) is 0 Å². The van der Waals surface area contributed by atoms with E-state index in [1.807, 2.05) is 28.1 Å². The number of nitrogens with zero attached hydrogens (tertiary/aromatic N) is 1. The maximum atomic E-state index is 12.6. The van der Waals surface area contributed by atoms with Crippen molar-refractivity contribution in [1.82, 2.24) is 4.90 Å². The lowest BCUT2D eigenvalue weighted by atomic mass is 10.2. The van der Waals surface area contributed by atoms with E-state index in [0.717, 1.165) is 23.5 Å². The van der Waals surface area contributed by atoms with Gasteiger partial charge in [-0.05, 0) is 11.4 Å². The Morgan fingerprint density at radius 1 is 1.45 bits per heavy atom. The van der Waals surface area contributed by atoms with Crippen molar-refractivity contribution in [3.8, 4) is 11.8 Å². The molecule has 0 saturated carbocycles.